The number of nitrogens with two attached hydrogens (primary N) is 1. The molecule has 0 spiro atoms. The largest absolute Gasteiger partial charge is 0.467 e. The summed E-state index contributed by atoms with van der Waals surface area (Å²) >= 11 is 3.52. The van der Waals surface area contributed by atoms with E-state index < -0.39 is 0 Å². The third-order valence-electron chi connectivity index (χ3n) is 3.10. The number of anilines is 1. The number of hydrogen-bond acceptors (Lipinski definition) is 3. The van der Waals surface area contributed by atoms with E-state index in [1.807, 2.05) is 12.1 Å². The van der Waals surface area contributed by atoms with Gasteiger partial charge in [-0.2, -0.15) is 0 Å². The lowest BCUT2D eigenvalue weighted by Crippen LogP contribution is -2.23. The fraction of sp³-hybridized carbons (Fsp3) is 0.333. The van der Waals surface area contributed by atoms with Crippen molar-refractivity contribution in [3.8, 4) is 0 Å². The van der Waals surface area contributed by atoms with Gasteiger partial charge in [0.25, 0.3) is 0 Å². The van der Waals surface area contributed by atoms with Gasteiger partial charge in [-0.1, -0.05) is 15.9 Å². The third-order valence-corrected chi connectivity index (χ3v) is 3.60. The van der Waals surface area contributed by atoms with Crippen LogP contribution >= 0.6 is 15.9 Å². The van der Waals surface area contributed by atoms with Gasteiger partial charge in [0.2, 0.25) is 0 Å². The minimum Gasteiger partial charge on any atom is -0.467 e. The summed E-state index contributed by atoms with van der Waals surface area (Å²) in [7, 11) is 0. The van der Waals surface area contributed by atoms with E-state index in [0.717, 1.165) is 29.7 Å². The zero-order chi connectivity index (χ0) is 13.7. The molecule has 1 aromatic carbocycles. The molecule has 0 saturated carbocycles. The highest BCUT2D eigenvalue weighted by molar-refractivity contribution is 9.10. The molecule has 4 heteroatoms. The van der Waals surface area contributed by atoms with Crippen LogP contribution in [0.3, 0.4) is 0 Å². The molecule has 102 valence electrons. The second kappa shape index (κ2) is 6.78. The molecule has 2 aromatic rings. The molecule has 0 aliphatic carbocycles. The van der Waals surface area contributed by atoms with Crippen LogP contribution in [-0.4, -0.2) is 13.1 Å². The molecular formula is C15H19BrN2O. The van der Waals surface area contributed by atoms with Gasteiger partial charge in [-0.05, 0) is 55.8 Å². The molecule has 19 heavy (non-hydrogen) atoms. The molecule has 0 fully saturated rings. The van der Waals surface area contributed by atoms with Gasteiger partial charge in [0.05, 0.1) is 12.8 Å². The van der Waals surface area contributed by atoms with Gasteiger partial charge >= 0.3 is 0 Å². The minimum atomic E-state index is 0.655. The topological polar surface area (TPSA) is 42.4 Å². The highest BCUT2D eigenvalue weighted by atomic mass is 79.9. The molecule has 0 radical (unpaired) electrons. The third kappa shape index (κ3) is 3.61. The maximum Gasteiger partial charge on any atom is 0.123 e. The lowest BCUT2D eigenvalue weighted by atomic mass is 10.1. The average Bonchev–Trinajstić information content (AvgIpc) is 2.90. The number of halogens is 1. The number of furan rings is 1. The van der Waals surface area contributed by atoms with Gasteiger partial charge in [-0.25, -0.2) is 0 Å². The predicted octanol–water partition coefficient (Wildman–Crippen LogP) is 3.57. The maximum atomic E-state index is 5.70. The van der Waals surface area contributed by atoms with Crippen LogP contribution in [0, 0.1) is 0 Å². The van der Waals surface area contributed by atoms with Crippen molar-refractivity contribution in [1.82, 2.24) is 0 Å². The van der Waals surface area contributed by atoms with Gasteiger partial charge in [0, 0.05) is 16.7 Å². The molecule has 3 nitrogen and oxygen atoms in total. The van der Waals surface area contributed by atoms with E-state index in [9.17, 15) is 0 Å². The van der Waals surface area contributed by atoms with Crippen molar-refractivity contribution in [2.45, 2.75) is 19.9 Å². The summed E-state index contributed by atoms with van der Waals surface area (Å²) in [5.74, 6) is 0.975. The van der Waals surface area contributed by atoms with E-state index in [0.29, 0.717) is 6.54 Å². The zero-order valence-electron chi connectivity index (χ0n) is 11.1. The van der Waals surface area contributed by atoms with Crippen molar-refractivity contribution in [2.24, 2.45) is 5.73 Å². The van der Waals surface area contributed by atoms with Gasteiger partial charge in [0.15, 0.2) is 0 Å². The number of nitrogens with zero attached hydrogens (tertiary/aromatic N) is 1. The van der Waals surface area contributed by atoms with E-state index >= 15 is 0 Å². The summed E-state index contributed by atoms with van der Waals surface area (Å²) in [5, 5.41) is 0. The standard InChI is InChI=1S/C15H19BrN2O/c1-2-18(11-14-4-3-9-19-14)15-6-5-13(16)10-12(15)7-8-17/h3-6,9-10H,2,7-8,11,17H2,1H3. The fourth-order valence-corrected chi connectivity index (χ4v) is 2.58. The molecule has 0 unspecified atom stereocenters. The molecular weight excluding hydrogens is 304 g/mol. The molecule has 0 saturated heterocycles. The molecule has 0 amide bonds. The Morgan fingerprint density at radius 2 is 2.16 bits per heavy atom. The first-order valence-electron chi connectivity index (χ1n) is 6.50. The van der Waals surface area contributed by atoms with Crippen LogP contribution in [0.4, 0.5) is 5.69 Å². The summed E-state index contributed by atoms with van der Waals surface area (Å²) < 4.78 is 6.53. The highest BCUT2D eigenvalue weighted by Crippen LogP contribution is 2.26. The first-order valence-corrected chi connectivity index (χ1v) is 7.29. The van der Waals surface area contributed by atoms with E-state index in [1.54, 1.807) is 6.26 Å². The number of hydrogen-bond donors (Lipinski definition) is 1. The molecule has 2 N–H and O–H groups in total. The van der Waals surface area contributed by atoms with Gasteiger partial charge in [-0.3, -0.25) is 0 Å². The summed E-state index contributed by atoms with van der Waals surface area (Å²) in [6.07, 6.45) is 2.59. The molecule has 2 rings (SSSR count). The Bertz CT molecular complexity index is 511. The van der Waals surface area contributed by atoms with Crippen molar-refractivity contribution in [3.05, 3.63) is 52.4 Å². The van der Waals surface area contributed by atoms with Crippen LogP contribution < -0.4 is 10.6 Å². The molecule has 1 aromatic heterocycles. The minimum absolute atomic E-state index is 0.655. The monoisotopic (exact) mass is 322 g/mol. The van der Waals surface area contributed by atoms with Crippen molar-refractivity contribution in [2.75, 3.05) is 18.0 Å². The summed E-state index contributed by atoms with van der Waals surface area (Å²) in [6.45, 7) is 4.52. The van der Waals surface area contributed by atoms with Crippen LogP contribution in [0.15, 0.2) is 45.5 Å². The van der Waals surface area contributed by atoms with Crippen LogP contribution in [0.2, 0.25) is 0 Å². The second-order valence-electron chi connectivity index (χ2n) is 4.41. The number of benzene rings is 1. The van der Waals surface area contributed by atoms with Crippen LogP contribution in [0.25, 0.3) is 0 Å². The lowest BCUT2D eigenvalue weighted by molar-refractivity contribution is 0.503. The van der Waals surface area contributed by atoms with Crippen molar-refractivity contribution in [1.29, 1.82) is 0 Å². The van der Waals surface area contributed by atoms with Crippen LogP contribution in [-0.2, 0) is 13.0 Å². The quantitative estimate of drug-likeness (QED) is 0.884. The fourth-order valence-electron chi connectivity index (χ4n) is 2.18. The summed E-state index contributed by atoms with van der Waals surface area (Å²) in [5.41, 5.74) is 8.20. The first-order chi connectivity index (χ1) is 9.24. The van der Waals surface area contributed by atoms with E-state index in [1.165, 1.54) is 11.3 Å². The van der Waals surface area contributed by atoms with Gasteiger partial charge in [0.1, 0.15) is 5.76 Å². The van der Waals surface area contributed by atoms with Gasteiger partial charge < -0.3 is 15.1 Å². The van der Waals surface area contributed by atoms with E-state index in [2.05, 4.69) is 46.0 Å². The maximum absolute atomic E-state index is 5.70. The van der Waals surface area contributed by atoms with E-state index in [4.69, 9.17) is 10.2 Å². The lowest BCUT2D eigenvalue weighted by Gasteiger charge is -2.25. The Morgan fingerprint density at radius 3 is 2.79 bits per heavy atom. The smallest absolute Gasteiger partial charge is 0.123 e. The Labute approximate surface area is 122 Å². The van der Waals surface area contributed by atoms with Crippen molar-refractivity contribution < 1.29 is 4.42 Å². The highest BCUT2D eigenvalue weighted by Gasteiger charge is 2.11. The molecule has 0 aliphatic heterocycles. The molecule has 0 bridgehead atoms. The molecule has 0 aliphatic rings. The van der Waals surface area contributed by atoms with Crippen molar-refractivity contribution >= 4 is 21.6 Å². The first kappa shape index (κ1) is 14.2. The summed E-state index contributed by atoms with van der Waals surface area (Å²) in [6, 6.07) is 10.3. The SMILES string of the molecule is CCN(Cc1ccco1)c1ccc(Br)cc1CCN. The summed E-state index contributed by atoms with van der Waals surface area (Å²) in [4.78, 5) is 2.30. The molecule has 0 atom stereocenters. The van der Waals surface area contributed by atoms with Crippen LogP contribution in [0.5, 0.6) is 0 Å². The second-order valence-corrected chi connectivity index (χ2v) is 5.32. The average molecular weight is 323 g/mol. The Kier molecular flexibility index (Phi) is 5.05. The van der Waals surface area contributed by atoms with Gasteiger partial charge in [-0.15, -0.1) is 0 Å². The van der Waals surface area contributed by atoms with E-state index in [-0.39, 0.29) is 0 Å². The number of rotatable bonds is 6. The van der Waals surface area contributed by atoms with Crippen LogP contribution in [0.1, 0.15) is 18.2 Å². The van der Waals surface area contributed by atoms with Crippen molar-refractivity contribution in [3.63, 3.8) is 0 Å². The Balaban J connectivity index is 2.26. The predicted molar refractivity (Wildman–Crippen MR) is 82.3 cm³/mol. The Morgan fingerprint density at radius 1 is 1.32 bits per heavy atom. The zero-order valence-corrected chi connectivity index (χ0v) is 12.7. The normalized spacial score (nSPS) is 10.7. The molecule has 1 heterocycles. The Hall–Kier alpha value is -1.26.